The van der Waals surface area contributed by atoms with Crippen LogP contribution in [0.25, 0.3) is 0 Å². The molecule has 4 rings (SSSR count). The van der Waals surface area contributed by atoms with E-state index in [1.807, 2.05) is 0 Å². The first-order valence-corrected chi connectivity index (χ1v) is 5.40. The Hall–Kier alpha value is -0.0800. The molecule has 0 spiro atoms. The second kappa shape index (κ2) is 2.29. The van der Waals surface area contributed by atoms with Crippen molar-refractivity contribution in [1.82, 2.24) is 0 Å². The van der Waals surface area contributed by atoms with Crippen molar-refractivity contribution in [3.05, 3.63) is 0 Å². The van der Waals surface area contributed by atoms with Crippen LogP contribution in [-0.2, 0) is 4.74 Å². The molecule has 5 atom stereocenters. The molecule has 1 aliphatic heterocycles. The van der Waals surface area contributed by atoms with Crippen LogP contribution in [-0.4, -0.2) is 18.0 Å². The average molecular weight is 182 g/mol. The third-order valence-electron chi connectivity index (χ3n) is 5.00. The fourth-order valence-corrected chi connectivity index (χ4v) is 3.89. The van der Waals surface area contributed by atoms with Crippen molar-refractivity contribution in [1.29, 1.82) is 0 Å². The SMILES string of the molecule is CC1(C)[C@@H]2C[C@@H]3[C@@H](CO[C@H]3O)[C@H]1C2. The molecule has 0 aromatic rings. The van der Waals surface area contributed by atoms with Crippen LogP contribution < -0.4 is 0 Å². The molecule has 2 nitrogen and oxygen atoms in total. The quantitative estimate of drug-likeness (QED) is 0.617. The average Bonchev–Trinajstić information content (AvgIpc) is 2.48. The molecule has 4 fully saturated rings. The molecule has 1 N–H and O–H groups in total. The number of hydrogen-bond acceptors (Lipinski definition) is 2. The minimum absolute atomic E-state index is 0.452. The maximum Gasteiger partial charge on any atom is 0.157 e. The summed E-state index contributed by atoms with van der Waals surface area (Å²) in [5.74, 6) is 2.76. The number of ether oxygens (including phenoxy) is 1. The second-order valence-electron chi connectivity index (χ2n) is 5.65. The Labute approximate surface area is 79.3 Å². The summed E-state index contributed by atoms with van der Waals surface area (Å²) in [4.78, 5) is 0. The van der Waals surface area contributed by atoms with Crippen molar-refractivity contribution in [2.45, 2.75) is 33.0 Å². The highest BCUT2D eigenvalue weighted by atomic mass is 16.6. The van der Waals surface area contributed by atoms with Gasteiger partial charge in [0.1, 0.15) is 0 Å². The fraction of sp³-hybridized carbons (Fsp3) is 1.00. The number of aliphatic hydroxyl groups is 1. The van der Waals surface area contributed by atoms with Gasteiger partial charge in [0, 0.05) is 5.92 Å². The van der Waals surface area contributed by atoms with E-state index < -0.39 is 6.29 Å². The monoisotopic (exact) mass is 182 g/mol. The molecule has 0 aromatic carbocycles. The van der Waals surface area contributed by atoms with Crippen molar-refractivity contribution in [3.63, 3.8) is 0 Å². The van der Waals surface area contributed by atoms with Gasteiger partial charge < -0.3 is 9.84 Å². The summed E-state index contributed by atoms with van der Waals surface area (Å²) >= 11 is 0. The van der Waals surface area contributed by atoms with Crippen LogP contribution in [0.1, 0.15) is 26.7 Å². The lowest BCUT2D eigenvalue weighted by molar-refractivity contribution is -0.145. The highest BCUT2D eigenvalue weighted by Gasteiger charge is 2.60. The topological polar surface area (TPSA) is 29.5 Å². The van der Waals surface area contributed by atoms with Gasteiger partial charge in [-0.25, -0.2) is 0 Å². The Morgan fingerprint density at radius 2 is 2.00 bits per heavy atom. The van der Waals surface area contributed by atoms with Gasteiger partial charge in [-0.1, -0.05) is 13.8 Å². The Balaban J connectivity index is 1.87. The molecule has 0 radical (unpaired) electrons. The predicted octanol–water partition coefficient (Wildman–Crippen LogP) is 1.63. The van der Waals surface area contributed by atoms with Crippen molar-refractivity contribution < 1.29 is 9.84 Å². The first-order chi connectivity index (χ1) is 6.10. The maximum atomic E-state index is 9.61. The number of aliphatic hydroxyl groups excluding tert-OH is 1. The normalized spacial score (nSPS) is 57.0. The van der Waals surface area contributed by atoms with E-state index in [2.05, 4.69) is 13.8 Å². The van der Waals surface area contributed by atoms with Gasteiger partial charge >= 0.3 is 0 Å². The van der Waals surface area contributed by atoms with Gasteiger partial charge in [-0.15, -0.1) is 0 Å². The Kier molecular flexibility index (Phi) is 1.45. The molecule has 1 saturated heterocycles. The Morgan fingerprint density at radius 3 is 2.69 bits per heavy atom. The van der Waals surface area contributed by atoms with Crippen LogP contribution in [0.3, 0.4) is 0 Å². The minimum Gasteiger partial charge on any atom is -0.368 e. The van der Waals surface area contributed by atoms with Gasteiger partial charge in [0.25, 0.3) is 0 Å². The van der Waals surface area contributed by atoms with Crippen LogP contribution >= 0.6 is 0 Å². The van der Waals surface area contributed by atoms with Crippen LogP contribution in [0, 0.1) is 29.1 Å². The van der Waals surface area contributed by atoms with Gasteiger partial charge in [-0.05, 0) is 36.0 Å². The molecule has 3 saturated carbocycles. The van der Waals surface area contributed by atoms with Gasteiger partial charge in [-0.2, -0.15) is 0 Å². The summed E-state index contributed by atoms with van der Waals surface area (Å²) in [6.45, 7) is 5.56. The summed E-state index contributed by atoms with van der Waals surface area (Å²) in [6, 6.07) is 0. The van der Waals surface area contributed by atoms with Gasteiger partial charge in [0.2, 0.25) is 0 Å². The molecule has 2 heteroatoms. The molecule has 4 aliphatic rings. The molecule has 0 amide bonds. The maximum absolute atomic E-state index is 9.61. The van der Waals surface area contributed by atoms with E-state index in [0.717, 1.165) is 18.4 Å². The zero-order chi connectivity index (χ0) is 9.22. The van der Waals surface area contributed by atoms with Gasteiger partial charge in [-0.3, -0.25) is 0 Å². The minimum atomic E-state index is -0.452. The number of hydrogen-bond donors (Lipinski definition) is 1. The van der Waals surface area contributed by atoms with Crippen molar-refractivity contribution in [3.8, 4) is 0 Å². The summed E-state index contributed by atoms with van der Waals surface area (Å²) in [5, 5.41) is 9.61. The van der Waals surface area contributed by atoms with E-state index in [1.54, 1.807) is 0 Å². The smallest absolute Gasteiger partial charge is 0.157 e. The molecule has 1 heterocycles. The van der Waals surface area contributed by atoms with Crippen LogP contribution in [0.5, 0.6) is 0 Å². The van der Waals surface area contributed by atoms with Crippen molar-refractivity contribution in [2.75, 3.05) is 6.61 Å². The highest BCUT2D eigenvalue weighted by molar-refractivity contribution is 5.07. The van der Waals surface area contributed by atoms with Crippen molar-refractivity contribution >= 4 is 0 Å². The largest absolute Gasteiger partial charge is 0.368 e. The first-order valence-electron chi connectivity index (χ1n) is 5.40. The summed E-state index contributed by atoms with van der Waals surface area (Å²) < 4.78 is 5.35. The molecule has 74 valence electrons. The molecule has 2 bridgehead atoms. The summed E-state index contributed by atoms with van der Waals surface area (Å²) in [6.07, 6.45) is 2.12. The number of rotatable bonds is 0. The predicted molar refractivity (Wildman–Crippen MR) is 48.9 cm³/mol. The standard InChI is InChI=1S/C11H18O2/c1-11(2)6-3-7-8(9(11)4-6)5-13-10(7)12/h6-10,12H,3-5H2,1-2H3/t6-,7-,8-,9-,10-/m1/s1. The molecule has 0 aromatic heterocycles. The summed E-state index contributed by atoms with van der Waals surface area (Å²) in [5.41, 5.74) is 0.522. The van der Waals surface area contributed by atoms with Gasteiger partial charge in [0.05, 0.1) is 6.61 Å². The van der Waals surface area contributed by atoms with E-state index in [9.17, 15) is 5.11 Å². The van der Waals surface area contributed by atoms with E-state index >= 15 is 0 Å². The van der Waals surface area contributed by atoms with Crippen molar-refractivity contribution in [2.24, 2.45) is 29.1 Å². The van der Waals surface area contributed by atoms with Crippen LogP contribution in [0.2, 0.25) is 0 Å². The fourth-order valence-electron chi connectivity index (χ4n) is 3.89. The first kappa shape index (κ1) is 8.25. The molecular formula is C11H18O2. The van der Waals surface area contributed by atoms with Gasteiger partial charge in [0.15, 0.2) is 6.29 Å². The zero-order valence-electron chi connectivity index (χ0n) is 8.36. The lowest BCUT2D eigenvalue weighted by Crippen LogP contribution is -2.56. The molecule has 0 unspecified atom stereocenters. The van der Waals surface area contributed by atoms with Crippen LogP contribution in [0.15, 0.2) is 0 Å². The Morgan fingerprint density at radius 1 is 1.23 bits per heavy atom. The Bertz CT molecular complexity index is 236. The molecular weight excluding hydrogens is 164 g/mol. The lowest BCUT2D eigenvalue weighted by atomic mass is 9.43. The third-order valence-corrected chi connectivity index (χ3v) is 5.00. The van der Waals surface area contributed by atoms with E-state index in [1.165, 1.54) is 12.8 Å². The zero-order valence-corrected chi connectivity index (χ0v) is 8.36. The lowest BCUT2D eigenvalue weighted by Gasteiger charge is -2.61. The van der Waals surface area contributed by atoms with E-state index in [0.29, 0.717) is 17.3 Å². The third kappa shape index (κ3) is 0.861. The second-order valence-corrected chi connectivity index (χ2v) is 5.65. The molecule has 13 heavy (non-hydrogen) atoms. The molecule has 3 aliphatic carbocycles. The van der Waals surface area contributed by atoms with E-state index in [4.69, 9.17) is 4.74 Å². The van der Waals surface area contributed by atoms with E-state index in [-0.39, 0.29) is 0 Å². The summed E-state index contributed by atoms with van der Waals surface area (Å²) in [7, 11) is 0. The highest BCUT2D eigenvalue weighted by Crippen LogP contribution is 2.64. The van der Waals surface area contributed by atoms with Crippen LogP contribution in [0.4, 0.5) is 0 Å².